The molecule has 1 saturated heterocycles. The van der Waals surface area contributed by atoms with E-state index in [0.29, 0.717) is 44.1 Å². The number of piperidine rings is 1. The van der Waals surface area contributed by atoms with Crippen molar-refractivity contribution in [3.63, 3.8) is 0 Å². The van der Waals surface area contributed by atoms with Crippen LogP contribution in [0.15, 0.2) is 103 Å². The van der Waals surface area contributed by atoms with Crippen LogP contribution in [0.5, 0.6) is 5.75 Å². The lowest BCUT2D eigenvalue weighted by atomic mass is 9.88. The summed E-state index contributed by atoms with van der Waals surface area (Å²) < 4.78 is 6.14. The standard InChI is InChI=1S/C39H38ClN3O4/c1-42(25-27-12-17-34-31(24-27)26-43(39(34)46)35-18-19-36(44)41-38(35)45)22-23-47-32-15-13-30(14-16-32)37(29-10-6-3-7-11-29)33(20-21-40)28-8-4-2-5-9-28/h2-17,24,35H,18-23,25-26H2,1H3,(H,41,44,45)/b37-33-. The molecule has 2 aliphatic heterocycles. The molecule has 1 fully saturated rings. The molecule has 6 rings (SSSR count). The van der Waals surface area contributed by atoms with E-state index in [2.05, 4.69) is 70.9 Å². The van der Waals surface area contributed by atoms with Gasteiger partial charge in [0.2, 0.25) is 11.8 Å². The Balaban J connectivity index is 1.08. The summed E-state index contributed by atoms with van der Waals surface area (Å²) in [5, 5.41) is 2.36. The lowest BCUT2D eigenvalue weighted by Gasteiger charge is -2.29. The number of hydrogen-bond donors (Lipinski definition) is 1. The van der Waals surface area contributed by atoms with E-state index < -0.39 is 11.9 Å². The second kappa shape index (κ2) is 14.8. The first-order chi connectivity index (χ1) is 22.9. The molecule has 1 N–H and O–H groups in total. The van der Waals surface area contributed by atoms with Crippen LogP contribution in [0, 0.1) is 0 Å². The molecule has 47 heavy (non-hydrogen) atoms. The van der Waals surface area contributed by atoms with Crippen molar-refractivity contribution in [1.82, 2.24) is 15.1 Å². The zero-order valence-electron chi connectivity index (χ0n) is 26.5. The molecule has 3 amide bonds. The number of fused-ring (bicyclic) bond motifs is 1. The van der Waals surface area contributed by atoms with Crippen LogP contribution < -0.4 is 10.1 Å². The van der Waals surface area contributed by atoms with Gasteiger partial charge in [-0.1, -0.05) is 84.9 Å². The molecule has 0 saturated carbocycles. The Morgan fingerprint density at radius 1 is 0.894 bits per heavy atom. The normalized spacial score (nSPS) is 16.6. The molecule has 4 aromatic rings. The Kier molecular flexibility index (Phi) is 10.1. The first kappa shape index (κ1) is 32.2. The van der Waals surface area contributed by atoms with Crippen molar-refractivity contribution in [2.45, 2.75) is 38.4 Å². The van der Waals surface area contributed by atoms with Gasteiger partial charge < -0.3 is 9.64 Å². The minimum atomic E-state index is -0.609. The van der Waals surface area contributed by atoms with Crippen LogP contribution in [0.1, 0.15) is 57.4 Å². The van der Waals surface area contributed by atoms with Crippen molar-refractivity contribution in [2.24, 2.45) is 0 Å². The molecule has 1 atom stereocenters. The second-order valence-electron chi connectivity index (χ2n) is 12.0. The van der Waals surface area contributed by atoms with Crippen molar-refractivity contribution in [1.29, 1.82) is 0 Å². The van der Waals surface area contributed by atoms with Crippen LogP contribution in [0.3, 0.4) is 0 Å². The van der Waals surface area contributed by atoms with Gasteiger partial charge in [-0.15, -0.1) is 11.6 Å². The number of halogens is 1. The number of ether oxygens (including phenoxy) is 1. The molecule has 240 valence electrons. The highest BCUT2D eigenvalue weighted by Gasteiger charge is 2.39. The Labute approximate surface area is 280 Å². The Morgan fingerprint density at radius 2 is 1.57 bits per heavy atom. The molecular formula is C39H38ClN3O4. The maximum absolute atomic E-state index is 13.0. The lowest BCUT2D eigenvalue weighted by Crippen LogP contribution is -2.52. The Morgan fingerprint density at radius 3 is 2.26 bits per heavy atom. The molecule has 1 unspecified atom stereocenters. The van der Waals surface area contributed by atoms with Crippen molar-refractivity contribution in [3.8, 4) is 5.75 Å². The summed E-state index contributed by atoms with van der Waals surface area (Å²) in [6.07, 6.45) is 1.35. The zero-order chi connectivity index (χ0) is 32.8. The van der Waals surface area contributed by atoms with Crippen molar-refractivity contribution < 1.29 is 19.1 Å². The number of nitrogens with one attached hydrogen (secondary N) is 1. The lowest BCUT2D eigenvalue weighted by molar-refractivity contribution is -0.136. The number of alkyl halides is 1. The predicted molar refractivity (Wildman–Crippen MR) is 185 cm³/mol. The van der Waals surface area contributed by atoms with Gasteiger partial charge in [0.25, 0.3) is 5.91 Å². The average molecular weight is 648 g/mol. The molecule has 0 bridgehead atoms. The number of likely N-dealkylation sites (N-methyl/N-ethyl adjacent to an activating group) is 1. The molecule has 4 aromatic carbocycles. The fourth-order valence-corrected chi connectivity index (χ4v) is 6.61. The topological polar surface area (TPSA) is 79.0 Å². The quantitative estimate of drug-likeness (QED) is 0.107. The van der Waals surface area contributed by atoms with Gasteiger partial charge >= 0.3 is 0 Å². The van der Waals surface area contributed by atoms with E-state index in [1.807, 2.05) is 49.5 Å². The van der Waals surface area contributed by atoms with Crippen LogP contribution in [-0.2, 0) is 22.7 Å². The number of carbonyl (C=O) groups excluding carboxylic acids is 3. The van der Waals surface area contributed by atoms with Gasteiger partial charge in [-0.3, -0.25) is 24.6 Å². The summed E-state index contributed by atoms with van der Waals surface area (Å²) in [6.45, 7) is 2.29. The zero-order valence-corrected chi connectivity index (χ0v) is 27.2. The third kappa shape index (κ3) is 7.48. The van der Waals surface area contributed by atoms with Crippen LogP contribution in [-0.4, -0.2) is 59.6 Å². The van der Waals surface area contributed by atoms with Gasteiger partial charge in [0.15, 0.2) is 0 Å². The first-order valence-corrected chi connectivity index (χ1v) is 16.5. The van der Waals surface area contributed by atoms with Crippen LogP contribution >= 0.6 is 11.6 Å². The van der Waals surface area contributed by atoms with Gasteiger partial charge in [0.05, 0.1) is 0 Å². The summed E-state index contributed by atoms with van der Waals surface area (Å²) in [4.78, 5) is 40.7. The summed E-state index contributed by atoms with van der Waals surface area (Å²) in [5.74, 6) is 0.493. The molecule has 0 aromatic heterocycles. The Bertz CT molecular complexity index is 1770. The van der Waals surface area contributed by atoms with Crippen LogP contribution in [0.2, 0.25) is 0 Å². The summed E-state index contributed by atoms with van der Waals surface area (Å²) in [5.41, 5.74) is 8.41. The van der Waals surface area contributed by atoms with Crippen LogP contribution in [0.4, 0.5) is 0 Å². The molecule has 0 aliphatic carbocycles. The fraction of sp³-hybridized carbons (Fsp3) is 0.256. The number of carbonyl (C=O) groups is 3. The maximum atomic E-state index is 13.0. The molecule has 2 aliphatic rings. The van der Waals surface area contributed by atoms with Gasteiger partial charge in [-0.2, -0.15) is 0 Å². The monoisotopic (exact) mass is 647 g/mol. The highest BCUT2D eigenvalue weighted by atomic mass is 35.5. The number of imide groups is 1. The second-order valence-corrected chi connectivity index (χ2v) is 12.4. The van der Waals surface area contributed by atoms with Crippen molar-refractivity contribution in [2.75, 3.05) is 26.1 Å². The molecule has 7 nitrogen and oxygen atoms in total. The maximum Gasteiger partial charge on any atom is 0.255 e. The number of hydrogen-bond acceptors (Lipinski definition) is 5. The van der Waals surface area contributed by atoms with Gasteiger partial charge in [0.1, 0.15) is 18.4 Å². The van der Waals surface area contributed by atoms with E-state index in [4.69, 9.17) is 16.3 Å². The average Bonchev–Trinajstić information content (AvgIpc) is 3.41. The molecule has 2 heterocycles. The van der Waals surface area contributed by atoms with E-state index in [-0.39, 0.29) is 18.2 Å². The van der Waals surface area contributed by atoms with Crippen molar-refractivity contribution >= 4 is 40.5 Å². The third-order valence-electron chi connectivity index (χ3n) is 8.76. The predicted octanol–water partition coefficient (Wildman–Crippen LogP) is 6.55. The highest BCUT2D eigenvalue weighted by molar-refractivity contribution is 6.18. The van der Waals surface area contributed by atoms with Crippen molar-refractivity contribution in [3.05, 3.63) is 137 Å². The number of nitrogens with zero attached hydrogens (tertiary/aromatic N) is 2. The number of amides is 3. The molecule has 8 heteroatoms. The minimum absolute atomic E-state index is 0.157. The van der Waals surface area contributed by atoms with Gasteiger partial charge in [0, 0.05) is 37.5 Å². The molecular weight excluding hydrogens is 610 g/mol. The summed E-state index contributed by atoms with van der Waals surface area (Å²) >= 11 is 6.30. The first-order valence-electron chi connectivity index (χ1n) is 16.0. The SMILES string of the molecule is CN(CCOc1ccc(/C(=C(/CCCl)c2ccccc2)c2ccccc2)cc1)Cc1ccc2c(c1)CN(C1CCC(=O)NC1=O)C2=O. The highest BCUT2D eigenvalue weighted by Crippen LogP contribution is 2.35. The van der Waals surface area contributed by atoms with Crippen LogP contribution in [0.25, 0.3) is 11.1 Å². The minimum Gasteiger partial charge on any atom is -0.492 e. The summed E-state index contributed by atoms with van der Waals surface area (Å²) in [7, 11) is 2.04. The van der Waals surface area contributed by atoms with Gasteiger partial charge in [-0.25, -0.2) is 0 Å². The number of rotatable bonds is 12. The van der Waals surface area contributed by atoms with E-state index in [1.165, 1.54) is 11.1 Å². The summed E-state index contributed by atoms with van der Waals surface area (Å²) in [6, 6.07) is 34.4. The number of benzene rings is 4. The van der Waals surface area contributed by atoms with E-state index in [1.54, 1.807) is 4.90 Å². The number of allylic oxidation sites excluding steroid dienone is 1. The van der Waals surface area contributed by atoms with E-state index in [9.17, 15) is 14.4 Å². The largest absolute Gasteiger partial charge is 0.492 e. The van der Waals surface area contributed by atoms with E-state index >= 15 is 0 Å². The smallest absolute Gasteiger partial charge is 0.255 e. The van der Waals surface area contributed by atoms with E-state index in [0.717, 1.165) is 40.0 Å². The van der Waals surface area contributed by atoms with Gasteiger partial charge in [-0.05, 0) is 77.1 Å². The Hall–Kier alpha value is -4.72. The molecule has 0 spiro atoms. The fourth-order valence-electron chi connectivity index (χ4n) is 6.42. The molecule has 0 radical (unpaired) electrons. The third-order valence-corrected chi connectivity index (χ3v) is 8.95.